The van der Waals surface area contributed by atoms with Crippen LogP contribution in [0.5, 0.6) is 5.75 Å². The highest BCUT2D eigenvalue weighted by Crippen LogP contribution is 2.25. The number of carbonyl (C=O) groups is 1. The molecule has 0 saturated carbocycles. The highest BCUT2D eigenvalue weighted by Gasteiger charge is 2.32. The van der Waals surface area contributed by atoms with E-state index in [0.29, 0.717) is 19.7 Å². The van der Waals surface area contributed by atoms with Gasteiger partial charge in [0.05, 0.1) is 31.8 Å². The van der Waals surface area contributed by atoms with Gasteiger partial charge in [-0.05, 0) is 19.1 Å². The number of hydrogen-bond acceptors (Lipinski definition) is 5. The first-order valence-electron chi connectivity index (χ1n) is 8.81. The molecule has 1 atom stereocenters. The third-order valence-electron chi connectivity index (χ3n) is 4.85. The smallest absolute Gasteiger partial charge is 0.244 e. The fourth-order valence-electron chi connectivity index (χ4n) is 3.24. The lowest BCUT2D eigenvalue weighted by Crippen LogP contribution is -2.55. The number of ether oxygens (including phenoxy) is 2. The summed E-state index contributed by atoms with van der Waals surface area (Å²) < 4.78 is 12.5. The third kappa shape index (κ3) is 3.89. The van der Waals surface area contributed by atoms with Gasteiger partial charge in [0.25, 0.3) is 0 Å². The fourth-order valence-corrected chi connectivity index (χ4v) is 3.24. The van der Waals surface area contributed by atoms with Gasteiger partial charge < -0.3 is 18.9 Å². The molecule has 1 aromatic carbocycles. The molecule has 1 aliphatic rings. The quantitative estimate of drug-likeness (QED) is 0.755. The summed E-state index contributed by atoms with van der Waals surface area (Å²) in [7, 11) is 3.32. The van der Waals surface area contributed by atoms with Crippen molar-refractivity contribution < 1.29 is 14.3 Å². The zero-order valence-corrected chi connectivity index (χ0v) is 15.6. The van der Waals surface area contributed by atoms with Crippen molar-refractivity contribution in [1.82, 2.24) is 14.5 Å². The zero-order chi connectivity index (χ0) is 18.5. The molecular formula is C19H26N4O3. The highest BCUT2D eigenvalue weighted by atomic mass is 16.5. The van der Waals surface area contributed by atoms with Crippen molar-refractivity contribution in [3.05, 3.63) is 42.5 Å². The van der Waals surface area contributed by atoms with Gasteiger partial charge in [0.1, 0.15) is 5.75 Å². The molecule has 3 rings (SSSR count). The SMILES string of the molecule is COCCn1cncc1CN1CCN(c2cccc(OC)c2)C(=O)C1C. The standard InChI is InChI=1S/C19H26N4O3/c1-15-19(24)23(16-5-4-6-18(11-16)26-3)8-7-21(15)13-17-12-20-14-22(17)9-10-25-2/h4-6,11-12,14-15H,7-10,13H2,1-3H3. The van der Waals surface area contributed by atoms with Gasteiger partial charge in [0.15, 0.2) is 0 Å². The van der Waals surface area contributed by atoms with Gasteiger partial charge in [0, 0.05) is 51.2 Å². The Labute approximate surface area is 154 Å². The van der Waals surface area contributed by atoms with Gasteiger partial charge in [-0.3, -0.25) is 9.69 Å². The van der Waals surface area contributed by atoms with E-state index in [1.54, 1.807) is 14.2 Å². The molecule has 0 bridgehead atoms. The Hall–Kier alpha value is -2.38. The van der Waals surface area contributed by atoms with Crippen LogP contribution in [-0.2, 0) is 22.6 Å². The van der Waals surface area contributed by atoms with E-state index >= 15 is 0 Å². The molecule has 1 aliphatic heterocycles. The number of rotatable bonds is 7. The first-order valence-corrected chi connectivity index (χ1v) is 8.81. The van der Waals surface area contributed by atoms with Gasteiger partial charge in [-0.25, -0.2) is 4.98 Å². The predicted octanol–water partition coefficient (Wildman–Crippen LogP) is 1.78. The topological polar surface area (TPSA) is 59.8 Å². The molecule has 1 saturated heterocycles. The monoisotopic (exact) mass is 358 g/mol. The summed E-state index contributed by atoms with van der Waals surface area (Å²) >= 11 is 0. The Kier molecular flexibility index (Phi) is 5.90. The van der Waals surface area contributed by atoms with E-state index in [1.807, 2.05) is 48.6 Å². The molecule has 2 heterocycles. The third-order valence-corrected chi connectivity index (χ3v) is 4.85. The molecule has 1 amide bonds. The van der Waals surface area contributed by atoms with E-state index in [1.165, 1.54) is 0 Å². The van der Waals surface area contributed by atoms with Gasteiger partial charge in [-0.2, -0.15) is 0 Å². The normalized spacial score (nSPS) is 18.3. The van der Waals surface area contributed by atoms with Crippen molar-refractivity contribution in [1.29, 1.82) is 0 Å². The minimum Gasteiger partial charge on any atom is -0.497 e. The van der Waals surface area contributed by atoms with Crippen LogP contribution < -0.4 is 9.64 Å². The molecule has 1 fully saturated rings. The molecule has 7 heteroatoms. The molecule has 0 radical (unpaired) electrons. The molecule has 0 spiro atoms. The summed E-state index contributed by atoms with van der Waals surface area (Å²) in [6.07, 6.45) is 3.68. The molecular weight excluding hydrogens is 332 g/mol. The molecule has 140 valence electrons. The number of carbonyl (C=O) groups excluding carboxylic acids is 1. The van der Waals surface area contributed by atoms with Gasteiger partial charge >= 0.3 is 0 Å². The fraction of sp³-hybridized carbons (Fsp3) is 0.474. The largest absolute Gasteiger partial charge is 0.497 e. The molecule has 1 unspecified atom stereocenters. The van der Waals surface area contributed by atoms with E-state index in [0.717, 1.165) is 30.2 Å². The van der Waals surface area contributed by atoms with E-state index < -0.39 is 0 Å². The van der Waals surface area contributed by atoms with Crippen LogP contribution in [0.15, 0.2) is 36.8 Å². The molecule has 2 aromatic rings. The lowest BCUT2D eigenvalue weighted by atomic mass is 10.1. The van der Waals surface area contributed by atoms with Crippen molar-refractivity contribution >= 4 is 11.6 Å². The minimum absolute atomic E-state index is 0.104. The summed E-state index contributed by atoms with van der Waals surface area (Å²) in [5.41, 5.74) is 1.97. The molecule has 0 N–H and O–H groups in total. The number of hydrogen-bond donors (Lipinski definition) is 0. The Morgan fingerprint density at radius 2 is 2.12 bits per heavy atom. The number of benzene rings is 1. The maximum atomic E-state index is 12.9. The van der Waals surface area contributed by atoms with Crippen LogP contribution in [0.3, 0.4) is 0 Å². The number of anilines is 1. The van der Waals surface area contributed by atoms with Crippen LogP contribution in [-0.4, -0.2) is 60.3 Å². The summed E-state index contributed by atoms with van der Waals surface area (Å²) in [4.78, 5) is 21.2. The summed E-state index contributed by atoms with van der Waals surface area (Å²) in [6.45, 7) is 5.52. The van der Waals surface area contributed by atoms with Crippen molar-refractivity contribution in [3.8, 4) is 5.75 Å². The van der Waals surface area contributed by atoms with Crippen molar-refractivity contribution in [2.24, 2.45) is 0 Å². The summed E-state index contributed by atoms with van der Waals surface area (Å²) in [5, 5.41) is 0. The second-order valence-electron chi connectivity index (χ2n) is 6.41. The van der Waals surface area contributed by atoms with Crippen LogP contribution in [0.4, 0.5) is 5.69 Å². The Morgan fingerprint density at radius 1 is 1.27 bits per heavy atom. The van der Waals surface area contributed by atoms with Crippen molar-refractivity contribution in [2.45, 2.75) is 26.1 Å². The number of nitrogens with zero attached hydrogens (tertiary/aromatic N) is 4. The second-order valence-corrected chi connectivity index (χ2v) is 6.41. The lowest BCUT2D eigenvalue weighted by Gasteiger charge is -2.39. The number of aromatic nitrogens is 2. The number of amides is 1. The number of piperazine rings is 1. The number of imidazole rings is 1. The molecule has 26 heavy (non-hydrogen) atoms. The van der Waals surface area contributed by atoms with Crippen LogP contribution in [0.1, 0.15) is 12.6 Å². The van der Waals surface area contributed by atoms with E-state index in [4.69, 9.17) is 9.47 Å². The Balaban J connectivity index is 1.69. The van der Waals surface area contributed by atoms with E-state index in [-0.39, 0.29) is 11.9 Å². The maximum Gasteiger partial charge on any atom is 0.244 e. The Bertz CT molecular complexity index is 746. The van der Waals surface area contributed by atoms with Crippen LogP contribution >= 0.6 is 0 Å². The predicted molar refractivity (Wildman–Crippen MR) is 99.3 cm³/mol. The first-order chi connectivity index (χ1) is 12.6. The molecule has 1 aromatic heterocycles. The van der Waals surface area contributed by atoms with Gasteiger partial charge in [-0.15, -0.1) is 0 Å². The summed E-state index contributed by atoms with van der Waals surface area (Å²) in [6, 6.07) is 7.45. The van der Waals surface area contributed by atoms with E-state index in [2.05, 4.69) is 14.5 Å². The Morgan fingerprint density at radius 3 is 2.88 bits per heavy atom. The highest BCUT2D eigenvalue weighted by molar-refractivity contribution is 5.97. The van der Waals surface area contributed by atoms with Crippen LogP contribution in [0.25, 0.3) is 0 Å². The summed E-state index contributed by atoms with van der Waals surface area (Å²) in [5.74, 6) is 0.861. The van der Waals surface area contributed by atoms with E-state index in [9.17, 15) is 4.79 Å². The van der Waals surface area contributed by atoms with Crippen LogP contribution in [0.2, 0.25) is 0 Å². The average molecular weight is 358 g/mol. The first kappa shape index (κ1) is 18.4. The minimum atomic E-state index is -0.194. The lowest BCUT2D eigenvalue weighted by molar-refractivity contribution is -0.125. The van der Waals surface area contributed by atoms with Crippen molar-refractivity contribution in [3.63, 3.8) is 0 Å². The maximum absolute atomic E-state index is 12.9. The van der Waals surface area contributed by atoms with Crippen LogP contribution in [0, 0.1) is 0 Å². The van der Waals surface area contributed by atoms with Crippen molar-refractivity contribution in [2.75, 3.05) is 38.8 Å². The zero-order valence-electron chi connectivity index (χ0n) is 15.6. The van der Waals surface area contributed by atoms with Gasteiger partial charge in [0.2, 0.25) is 5.91 Å². The van der Waals surface area contributed by atoms with Gasteiger partial charge in [-0.1, -0.05) is 6.07 Å². The average Bonchev–Trinajstić information content (AvgIpc) is 3.11. The molecule has 7 nitrogen and oxygen atoms in total. The molecule has 0 aliphatic carbocycles. The number of methoxy groups -OCH3 is 2. The second kappa shape index (κ2) is 8.33.